The number of methoxy groups -OCH3 is 1. The molecule has 2 N–H and O–H groups in total. The van der Waals surface area contributed by atoms with Crippen LogP contribution in [0.15, 0.2) is 102 Å². The number of pyridine rings is 1. The van der Waals surface area contributed by atoms with Crippen molar-refractivity contribution in [2.24, 2.45) is 7.05 Å². The summed E-state index contributed by atoms with van der Waals surface area (Å²) in [4.78, 5) is 46.3. The van der Waals surface area contributed by atoms with Gasteiger partial charge in [-0.2, -0.15) is 10.2 Å². The lowest BCUT2D eigenvalue weighted by atomic mass is 9.86. The Labute approximate surface area is 339 Å². The Morgan fingerprint density at radius 2 is 1.56 bits per heavy atom. The number of nitrogens with zero attached hydrogens (tertiary/aromatic N) is 7. The van der Waals surface area contributed by atoms with Crippen molar-refractivity contribution in [2.45, 2.75) is 62.7 Å². The lowest BCUT2D eigenvalue weighted by molar-refractivity contribution is 0.0595. The molecule has 5 heterocycles. The van der Waals surface area contributed by atoms with Gasteiger partial charge < -0.3 is 15.4 Å². The van der Waals surface area contributed by atoms with Crippen molar-refractivity contribution in [1.29, 1.82) is 0 Å². The molecule has 16 heteroatoms. The van der Waals surface area contributed by atoms with Crippen LogP contribution >= 0.6 is 0 Å². The lowest BCUT2D eigenvalue weighted by Gasteiger charge is -2.37. The molecule has 15 nitrogen and oxygen atoms in total. The maximum absolute atomic E-state index is 15.1. The predicted molar refractivity (Wildman–Crippen MR) is 221 cm³/mol. The molecule has 3 aromatic carbocycles. The van der Waals surface area contributed by atoms with E-state index in [1.165, 1.54) is 16.0 Å². The summed E-state index contributed by atoms with van der Waals surface area (Å²) in [5, 5.41) is 17.0. The summed E-state index contributed by atoms with van der Waals surface area (Å²) in [6, 6.07) is 19.6. The topological polar surface area (TPSA) is 175 Å². The van der Waals surface area contributed by atoms with Crippen LogP contribution in [0.1, 0.15) is 72.0 Å². The van der Waals surface area contributed by atoms with E-state index in [-0.39, 0.29) is 28.7 Å². The van der Waals surface area contributed by atoms with Crippen LogP contribution in [-0.4, -0.2) is 78.9 Å². The van der Waals surface area contributed by atoms with E-state index < -0.39 is 34.0 Å². The van der Waals surface area contributed by atoms with Crippen LogP contribution in [0, 0.1) is 0 Å². The number of benzene rings is 3. The summed E-state index contributed by atoms with van der Waals surface area (Å²) in [7, 11) is -1.27. The molecule has 7 aromatic rings. The number of alkyl carbamates (subject to hydrolysis) is 1. The lowest BCUT2D eigenvalue weighted by Crippen LogP contribution is -2.49. The molecule has 1 unspecified atom stereocenters. The number of ether oxygens (including phenoxy) is 1. The molecule has 0 spiro atoms. The maximum Gasteiger partial charge on any atom is 0.407 e. The van der Waals surface area contributed by atoms with E-state index in [1.54, 1.807) is 98.0 Å². The number of carbonyl (C=O) groups is 3. The van der Waals surface area contributed by atoms with E-state index in [2.05, 4.69) is 34.7 Å². The maximum atomic E-state index is 15.1. The van der Waals surface area contributed by atoms with Crippen molar-refractivity contribution < 1.29 is 27.5 Å². The minimum atomic E-state index is -4.34. The fourth-order valence-electron chi connectivity index (χ4n) is 8.33. The van der Waals surface area contributed by atoms with Crippen LogP contribution in [0.4, 0.5) is 10.5 Å². The number of nitrogens with one attached hydrogen (secondary N) is 2. The minimum absolute atomic E-state index is 0.0535. The molecule has 59 heavy (non-hydrogen) atoms. The third-order valence-electron chi connectivity index (χ3n) is 11.3. The predicted octanol–water partition coefficient (Wildman–Crippen LogP) is 6.93. The average Bonchev–Trinajstić information content (AvgIpc) is 3.99. The summed E-state index contributed by atoms with van der Waals surface area (Å²) < 4.78 is 39.9. The van der Waals surface area contributed by atoms with Crippen LogP contribution in [0.5, 0.6) is 0 Å². The number of carbonyl (C=O) groups excluding carboxylic acids is 3. The summed E-state index contributed by atoms with van der Waals surface area (Å²) in [6.45, 7) is 5.87. The van der Waals surface area contributed by atoms with Gasteiger partial charge in [-0.15, -0.1) is 0 Å². The zero-order chi connectivity index (χ0) is 41.3. The first-order chi connectivity index (χ1) is 28.4. The van der Waals surface area contributed by atoms with Crippen molar-refractivity contribution in [1.82, 2.24) is 38.7 Å². The third kappa shape index (κ3) is 6.13. The smallest absolute Gasteiger partial charge is 0.407 e. The van der Waals surface area contributed by atoms with Crippen molar-refractivity contribution in [3.63, 3.8) is 0 Å². The molecular weight excluding hydrogens is 771 g/mol. The Morgan fingerprint density at radius 3 is 2.20 bits per heavy atom. The van der Waals surface area contributed by atoms with Gasteiger partial charge >= 0.3 is 6.09 Å². The van der Waals surface area contributed by atoms with Crippen molar-refractivity contribution in [3.05, 3.63) is 114 Å². The van der Waals surface area contributed by atoms with Crippen LogP contribution in [0.25, 0.3) is 44.3 Å². The second-order valence-electron chi connectivity index (χ2n) is 15.3. The monoisotopic (exact) mass is 811 g/mol. The Bertz CT molecular complexity index is 2910. The van der Waals surface area contributed by atoms with E-state index in [0.717, 1.165) is 10.9 Å². The van der Waals surface area contributed by atoms with Gasteiger partial charge in [0.05, 0.1) is 63.9 Å². The number of hydrogen-bond acceptors (Lipinski definition) is 10. The Morgan fingerprint density at radius 1 is 0.864 bits per heavy atom. The third-order valence-corrected chi connectivity index (χ3v) is 13.0. The molecular formula is C43H41N9O6S. The van der Waals surface area contributed by atoms with Gasteiger partial charge in [-0.1, -0.05) is 36.4 Å². The Hall–Kier alpha value is -6.81. The number of fused-ring (bicyclic) bond motifs is 3. The van der Waals surface area contributed by atoms with Crippen LogP contribution < -0.4 is 10.6 Å². The summed E-state index contributed by atoms with van der Waals surface area (Å²) >= 11 is 0. The summed E-state index contributed by atoms with van der Waals surface area (Å²) in [6.07, 6.45) is 7.22. The van der Waals surface area contributed by atoms with Gasteiger partial charge in [0.2, 0.25) is 0 Å². The number of imide groups is 1. The zero-order valence-electron chi connectivity index (χ0n) is 32.9. The molecule has 3 amide bonds. The molecule has 9 rings (SSSR count). The first kappa shape index (κ1) is 37.7. The van der Waals surface area contributed by atoms with E-state index in [0.29, 0.717) is 63.0 Å². The number of aromatic nitrogens is 6. The van der Waals surface area contributed by atoms with Crippen LogP contribution in [-0.2, 0) is 21.8 Å². The largest absolute Gasteiger partial charge is 0.453 e. The van der Waals surface area contributed by atoms with Crippen LogP contribution in [0.3, 0.4) is 0 Å². The van der Waals surface area contributed by atoms with Gasteiger partial charge in [0.25, 0.3) is 21.8 Å². The SMILES string of the molecule is COC(=O)NC1CC(Nc2c(C(C)N3C(=O)c4ccccc4C3=O)cnc3c2c(-c2ccc4c(cnn4C(C)C)c2)c(-c2cnn(C)c2)n3S(=O)(=O)c2ccccc2)C1. The quantitative estimate of drug-likeness (QED) is 0.138. The fraction of sp³-hybridized carbons (Fsp3) is 0.256. The molecule has 0 bridgehead atoms. The van der Waals surface area contributed by atoms with E-state index in [1.807, 2.05) is 22.9 Å². The molecule has 1 aliphatic heterocycles. The minimum Gasteiger partial charge on any atom is -0.453 e. The Kier molecular flexibility index (Phi) is 9.11. The van der Waals surface area contributed by atoms with E-state index >= 15 is 8.42 Å². The highest BCUT2D eigenvalue weighted by Crippen LogP contribution is 2.49. The normalized spacial score (nSPS) is 17.1. The first-order valence-corrected chi connectivity index (χ1v) is 20.7. The van der Waals surface area contributed by atoms with Crippen molar-refractivity contribution >= 4 is 55.6 Å². The van der Waals surface area contributed by atoms with Crippen molar-refractivity contribution in [2.75, 3.05) is 12.4 Å². The molecule has 0 saturated heterocycles. The second-order valence-corrected chi connectivity index (χ2v) is 17.1. The van der Waals surface area contributed by atoms with Gasteiger partial charge in [0, 0.05) is 59.6 Å². The highest BCUT2D eigenvalue weighted by atomic mass is 32.2. The van der Waals surface area contributed by atoms with Gasteiger partial charge in [0.1, 0.15) is 0 Å². The zero-order valence-corrected chi connectivity index (χ0v) is 33.8. The number of rotatable bonds is 10. The molecule has 0 radical (unpaired) electrons. The number of amides is 3. The number of anilines is 1. The molecule has 1 fully saturated rings. The number of hydrogen-bond donors (Lipinski definition) is 2. The molecule has 4 aromatic heterocycles. The van der Waals surface area contributed by atoms with Gasteiger partial charge in [-0.05, 0) is 75.6 Å². The Balaban J connectivity index is 1.35. The van der Waals surface area contributed by atoms with E-state index in [9.17, 15) is 14.4 Å². The standard InChI is InChI=1S/C43H41N9O6S/c1-24(2)51-35-16-15-26(17-27(35)20-46-51)36-37-38(47-29-18-30(19-29)48-43(55)58-5)34(25(3)50-41(53)32-13-9-10-14-33(32)42(50)54)22-44-40(37)52(39(36)28-21-45-49(4)23-28)59(56,57)31-11-7-6-8-12-31/h6-17,20-25,29-30H,18-19H2,1-5H3,(H,44,47)(H,48,55). The summed E-state index contributed by atoms with van der Waals surface area (Å²) in [5.41, 5.74) is 4.71. The second kappa shape index (κ2) is 14.2. The van der Waals surface area contributed by atoms with Gasteiger partial charge in [-0.3, -0.25) is 23.9 Å². The highest BCUT2D eigenvalue weighted by Gasteiger charge is 2.42. The summed E-state index contributed by atoms with van der Waals surface area (Å²) in [5.74, 6) is -0.883. The molecule has 1 aliphatic carbocycles. The average molecular weight is 812 g/mol. The van der Waals surface area contributed by atoms with Crippen molar-refractivity contribution in [3.8, 4) is 22.4 Å². The van der Waals surface area contributed by atoms with E-state index in [4.69, 9.17) is 9.72 Å². The molecule has 1 atom stereocenters. The fourth-order valence-corrected chi connectivity index (χ4v) is 9.84. The number of aryl methyl sites for hydroxylation is 1. The first-order valence-electron chi connectivity index (χ1n) is 19.3. The molecule has 300 valence electrons. The molecule has 1 saturated carbocycles. The van der Waals surface area contributed by atoms with Gasteiger partial charge in [0.15, 0.2) is 5.65 Å². The molecule has 2 aliphatic rings. The van der Waals surface area contributed by atoms with Crippen LogP contribution in [0.2, 0.25) is 0 Å². The van der Waals surface area contributed by atoms with Gasteiger partial charge in [-0.25, -0.2) is 22.2 Å². The highest BCUT2D eigenvalue weighted by molar-refractivity contribution is 7.90.